The molecular weight excluding hydrogens is 304 g/mol. The zero-order chi connectivity index (χ0) is 16.2. The van der Waals surface area contributed by atoms with Crippen LogP contribution in [-0.4, -0.2) is 21.9 Å². The number of hydrogen-bond donors (Lipinski definition) is 0. The van der Waals surface area contributed by atoms with Gasteiger partial charge in [-0.25, -0.2) is 0 Å². The van der Waals surface area contributed by atoms with E-state index in [9.17, 15) is 4.79 Å². The SMILES string of the molecule is Cc1ccsc1/C=C/C(=O)N1CCCCCC1c1cccn1C. The van der Waals surface area contributed by atoms with Crippen LogP contribution in [0.4, 0.5) is 0 Å². The fourth-order valence-corrected chi connectivity index (χ4v) is 4.12. The molecule has 3 rings (SSSR count). The van der Waals surface area contributed by atoms with E-state index in [2.05, 4.69) is 53.2 Å². The third kappa shape index (κ3) is 3.58. The first-order valence-corrected chi connectivity index (χ1v) is 9.19. The largest absolute Gasteiger partial charge is 0.353 e. The highest BCUT2D eigenvalue weighted by Crippen LogP contribution is 2.30. The molecule has 3 nitrogen and oxygen atoms in total. The number of aryl methyl sites for hydroxylation is 2. The van der Waals surface area contributed by atoms with Crippen LogP contribution in [-0.2, 0) is 11.8 Å². The number of carbonyl (C=O) groups is 1. The minimum Gasteiger partial charge on any atom is -0.353 e. The molecule has 1 aliphatic rings. The van der Waals surface area contributed by atoms with Gasteiger partial charge in [0.15, 0.2) is 0 Å². The first-order chi connectivity index (χ1) is 11.2. The first kappa shape index (κ1) is 16.1. The van der Waals surface area contributed by atoms with E-state index in [-0.39, 0.29) is 11.9 Å². The molecule has 0 radical (unpaired) electrons. The minimum absolute atomic E-state index is 0.130. The first-order valence-electron chi connectivity index (χ1n) is 8.31. The van der Waals surface area contributed by atoms with Crippen LogP contribution in [0.5, 0.6) is 0 Å². The van der Waals surface area contributed by atoms with E-state index < -0.39 is 0 Å². The van der Waals surface area contributed by atoms with Crippen LogP contribution in [0.3, 0.4) is 0 Å². The molecule has 1 unspecified atom stereocenters. The Morgan fingerprint density at radius 1 is 1.30 bits per heavy atom. The van der Waals surface area contributed by atoms with Gasteiger partial charge in [0.1, 0.15) is 0 Å². The summed E-state index contributed by atoms with van der Waals surface area (Å²) in [6.07, 6.45) is 10.3. The smallest absolute Gasteiger partial charge is 0.247 e. The Kier molecular flexibility index (Phi) is 5.01. The molecule has 3 heterocycles. The molecule has 1 aliphatic heterocycles. The highest BCUT2D eigenvalue weighted by atomic mass is 32.1. The van der Waals surface area contributed by atoms with Crippen LogP contribution < -0.4 is 0 Å². The summed E-state index contributed by atoms with van der Waals surface area (Å²) in [6, 6.07) is 6.49. The lowest BCUT2D eigenvalue weighted by atomic mass is 10.1. The van der Waals surface area contributed by atoms with Gasteiger partial charge in [-0.1, -0.05) is 12.8 Å². The second-order valence-corrected chi connectivity index (χ2v) is 7.19. The van der Waals surface area contributed by atoms with Gasteiger partial charge in [-0.2, -0.15) is 0 Å². The molecule has 0 N–H and O–H groups in total. The number of nitrogens with zero attached hydrogens (tertiary/aromatic N) is 2. The highest BCUT2D eigenvalue weighted by Gasteiger charge is 2.26. The number of thiophene rings is 1. The molecule has 2 aromatic rings. The summed E-state index contributed by atoms with van der Waals surface area (Å²) in [5.41, 5.74) is 2.47. The monoisotopic (exact) mass is 328 g/mol. The standard InChI is InChI=1S/C19H24N2OS/c1-15-11-14-23-18(15)9-10-19(22)21-13-5-3-4-7-17(21)16-8-6-12-20(16)2/h6,8-12,14,17H,3-5,7,13H2,1-2H3/b10-9+. The van der Waals surface area contributed by atoms with Crippen molar-refractivity contribution in [3.05, 3.63) is 52.0 Å². The topological polar surface area (TPSA) is 25.2 Å². The molecule has 23 heavy (non-hydrogen) atoms. The summed E-state index contributed by atoms with van der Waals surface area (Å²) in [5, 5.41) is 2.07. The summed E-state index contributed by atoms with van der Waals surface area (Å²) in [7, 11) is 2.06. The molecule has 122 valence electrons. The molecular formula is C19H24N2OS. The molecule has 0 saturated carbocycles. The number of hydrogen-bond acceptors (Lipinski definition) is 2. The lowest BCUT2D eigenvalue weighted by Crippen LogP contribution is -2.34. The Labute approximate surface area is 142 Å². The zero-order valence-electron chi connectivity index (χ0n) is 13.9. The maximum absolute atomic E-state index is 12.8. The van der Waals surface area contributed by atoms with Crippen molar-refractivity contribution in [2.24, 2.45) is 7.05 Å². The Hall–Kier alpha value is -1.81. The van der Waals surface area contributed by atoms with Crippen LogP contribution in [0.25, 0.3) is 6.08 Å². The van der Waals surface area contributed by atoms with Gasteiger partial charge in [0.05, 0.1) is 6.04 Å². The maximum atomic E-state index is 12.8. The summed E-state index contributed by atoms with van der Waals surface area (Å²) in [4.78, 5) is 16.0. The number of likely N-dealkylation sites (tertiary alicyclic amines) is 1. The second-order valence-electron chi connectivity index (χ2n) is 6.24. The van der Waals surface area contributed by atoms with Crippen molar-refractivity contribution in [2.75, 3.05) is 6.54 Å². The van der Waals surface area contributed by atoms with Gasteiger partial charge in [-0.3, -0.25) is 4.79 Å². The quantitative estimate of drug-likeness (QED) is 0.759. The Morgan fingerprint density at radius 2 is 2.17 bits per heavy atom. The number of aromatic nitrogens is 1. The Balaban J connectivity index is 1.82. The maximum Gasteiger partial charge on any atom is 0.247 e. The lowest BCUT2D eigenvalue weighted by molar-refractivity contribution is -0.128. The molecule has 0 aromatic carbocycles. The Morgan fingerprint density at radius 3 is 2.87 bits per heavy atom. The van der Waals surface area contributed by atoms with Gasteiger partial charge < -0.3 is 9.47 Å². The molecule has 1 fully saturated rings. The molecule has 2 aromatic heterocycles. The minimum atomic E-state index is 0.130. The average Bonchev–Trinajstić information content (AvgIpc) is 3.06. The molecule has 1 amide bonds. The van der Waals surface area contributed by atoms with Crippen molar-refractivity contribution in [2.45, 2.75) is 38.6 Å². The lowest BCUT2D eigenvalue weighted by Gasteiger charge is -2.29. The average molecular weight is 328 g/mol. The highest BCUT2D eigenvalue weighted by molar-refractivity contribution is 7.11. The molecule has 0 aliphatic carbocycles. The van der Waals surface area contributed by atoms with Crippen molar-refractivity contribution in [3.8, 4) is 0 Å². The van der Waals surface area contributed by atoms with Gasteiger partial charge in [-0.05, 0) is 55.0 Å². The normalized spacial score (nSPS) is 19.2. The van der Waals surface area contributed by atoms with Gasteiger partial charge in [-0.15, -0.1) is 11.3 Å². The fraction of sp³-hybridized carbons (Fsp3) is 0.421. The second kappa shape index (κ2) is 7.18. The van der Waals surface area contributed by atoms with E-state index in [0.717, 1.165) is 19.4 Å². The predicted molar refractivity (Wildman–Crippen MR) is 96.4 cm³/mol. The van der Waals surface area contributed by atoms with Gasteiger partial charge in [0.2, 0.25) is 5.91 Å². The van der Waals surface area contributed by atoms with Crippen LogP contribution in [0, 0.1) is 6.92 Å². The third-order valence-corrected chi connectivity index (χ3v) is 5.62. The van der Waals surface area contributed by atoms with Crippen molar-refractivity contribution in [3.63, 3.8) is 0 Å². The van der Waals surface area contributed by atoms with E-state index in [0.29, 0.717) is 0 Å². The van der Waals surface area contributed by atoms with Gasteiger partial charge >= 0.3 is 0 Å². The van der Waals surface area contributed by atoms with E-state index in [1.165, 1.54) is 29.0 Å². The molecule has 1 saturated heterocycles. The molecule has 0 spiro atoms. The van der Waals surface area contributed by atoms with Crippen LogP contribution in [0.15, 0.2) is 35.9 Å². The van der Waals surface area contributed by atoms with E-state index in [1.54, 1.807) is 17.4 Å². The predicted octanol–water partition coefficient (Wildman–Crippen LogP) is 4.55. The van der Waals surface area contributed by atoms with Crippen LogP contribution in [0.2, 0.25) is 0 Å². The summed E-state index contributed by atoms with van der Waals surface area (Å²) in [5.74, 6) is 0.130. The third-order valence-electron chi connectivity index (χ3n) is 4.64. The number of rotatable bonds is 3. The van der Waals surface area contributed by atoms with Crippen LogP contribution >= 0.6 is 11.3 Å². The van der Waals surface area contributed by atoms with Gasteiger partial charge in [0.25, 0.3) is 0 Å². The molecule has 1 atom stereocenters. The van der Waals surface area contributed by atoms with Gasteiger partial charge in [0, 0.05) is 36.4 Å². The van der Waals surface area contributed by atoms with E-state index in [1.807, 2.05) is 6.08 Å². The summed E-state index contributed by atoms with van der Waals surface area (Å²) in [6.45, 7) is 2.93. The van der Waals surface area contributed by atoms with E-state index in [4.69, 9.17) is 0 Å². The van der Waals surface area contributed by atoms with E-state index >= 15 is 0 Å². The van der Waals surface area contributed by atoms with Crippen molar-refractivity contribution < 1.29 is 4.79 Å². The zero-order valence-corrected chi connectivity index (χ0v) is 14.7. The summed E-state index contributed by atoms with van der Waals surface area (Å²) >= 11 is 1.68. The Bertz CT molecular complexity index is 698. The fourth-order valence-electron chi connectivity index (χ4n) is 3.30. The summed E-state index contributed by atoms with van der Waals surface area (Å²) < 4.78 is 2.14. The van der Waals surface area contributed by atoms with Crippen LogP contribution in [0.1, 0.15) is 47.9 Å². The number of amides is 1. The van der Waals surface area contributed by atoms with Crippen molar-refractivity contribution >= 4 is 23.3 Å². The molecule has 0 bridgehead atoms. The molecule has 4 heteroatoms. The van der Waals surface area contributed by atoms with Crippen molar-refractivity contribution in [1.29, 1.82) is 0 Å². The van der Waals surface area contributed by atoms with Crippen molar-refractivity contribution in [1.82, 2.24) is 9.47 Å². The number of carbonyl (C=O) groups excluding carboxylic acids is 1.